The number of hydrogen-bond acceptors (Lipinski definition) is 2. The van der Waals surface area contributed by atoms with E-state index >= 15 is 0 Å². The Hall–Kier alpha value is -1.39. The molecule has 0 spiro atoms. The molecule has 1 aromatic carbocycles. The van der Waals surface area contributed by atoms with Gasteiger partial charge in [0, 0.05) is 5.69 Å². The van der Waals surface area contributed by atoms with E-state index in [-0.39, 0.29) is 5.75 Å². The Kier molecular flexibility index (Phi) is 3.44. The zero-order valence-electron chi connectivity index (χ0n) is 8.27. The highest BCUT2D eigenvalue weighted by Gasteiger charge is 2.28. The fraction of sp³-hybridized carbons (Fsp3) is 0.400. The Morgan fingerprint density at radius 3 is 2.53 bits per heavy atom. The molecule has 0 saturated heterocycles. The Morgan fingerprint density at radius 2 is 2.00 bits per heavy atom. The van der Waals surface area contributed by atoms with Crippen LogP contribution in [0.3, 0.4) is 0 Å². The van der Waals surface area contributed by atoms with Crippen molar-refractivity contribution >= 4 is 5.69 Å². The summed E-state index contributed by atoms with van der Waals surface area (Å²) in [7, 11) is 0. The molecule has 84 valence electrons. The van der Waals surface area contributed by atoms with Crippen LogP contribution in [0.15, 0.2) is 18.2 Å². The van der Waals surface area contributed by atoms with E-state index in [1.165, 1.54) is 12.1 Å². The summed E-state index contributed by atoms with van der Waals surface area (Å²) in [5, 5.41) is 0. The molecular formula is C10H12F3NO. The molecule has 0 fully saturated rings. The third-order valence-corrected chi connectivity index (χ3v) is 1.90. The molecule has 0 radical (unpaired) electrons. The molecule has 0 aliphatic heterocycles. The summed E-state index contributed by atoms with van der Waals surface area (Å²) in [5.74, 6) is 0.193. The molecule has 0 aliphatic rings. The second-order valence-corrected chi connectivity index (χ2v) is 3.12. The van der Waals surface area contributed by atoms with Gasteiger partial charge in [-0.05, 0) is 30.2 Å². The van der Waals surface area contributed by atoms with Gasteiger partial charge in [-0.3, -0.25) is 0 Å². The van der Waals surface area contributed by atoms with Crippen molar-refractivity contribution in [3.63, 3.8) is 0 Å². The van der Waals surface area contributed by atoms with Crippen molar-refractivity contribution in [2.45, 2.75) is 19.5 Å². The van der Waals surface area contributed by atoms with Gasteiger partial charge in [-0.15, -0.1) is 0 Å². The topological polar surface area (TPSA) is 35.2 Å². The van der Waals surface area contributed by atoms with E-state index in [0.29, 0.717) is 12.1 Å². The number of nitrogens with two attached hydrogens (primary N) is 1. The minimum Gasteiger partial charge on any atom is -0.484 e. The molecule has 0 aromatic heterocycles. The zero-order chi connectivity index (χ0) is 11.5. The quantitative estimate of drug-likeness (QED) is 0.793. The number of hydrogen-bond donors (Lipinski definition) is 1. The summed E-state index contributed by atoms with van der Waals surface area (Å²) in [5.41, 5.74) is 6.96. The van der Waals surface area contributed by atoms with Crippen molar-refractivity contribution in [3.05, 3.63) is 23.8 Å². The summed E-state index contributed by atoms with van der Waals surface area (Å²) < 4.78 is 40.1. The van der Waals surface area contributed by atoms with Crippen LogP contribution in [-0.2, 0) is 6.42 Å². The lowest BCUT2D eigenvalue weighted by Crippen LogP contribution is -2.19. The van der Waals surface area contributed by atoms with Gasteiger partial charge in [0.25, 0.3) is 0 Å². The van der Waals surface area contributed by atoms with Crippen molar-refractivity contribution < 1.29 is 17.9 Å². The standard InChI is InChI=1S/C10H12F3NO/c1-2-7-5-8(3-4-9(7)14)15-6-10(11,12)13/h3-5H,2,6,14H2,1H3. The molecular weight excluding hydrogens is 207 g/mol. The van der Waals surface area contributed by atoms with E-state index in [2.05, 4.69) is 4.74 Å². The molecule has 5 heteroatoms. The monoisotopic (exact) mass is 219 g/mol. The maximum absolute atomic E-state index is 11.9. The minimum atomic E-state index is -4.31. The van der Waals surface area contributed by atoms with E-state index in [1.54, 1.807) is 6.07 Å². The first-order chi connectivity index (χ1) is 6.92. The van der Waals surface area contributed by atoms with Gasteiger partial charge in [0.1, 0.15) is 5.75 Å². The van der Waals surface area contributed by atoms with Gasteiger partial charge >= 0.3 is 6.18 Å². The van der Waals surface area contributed by atoms with Gasteiger partial charge in [0.15, 0.2) is 6.61 Å². The van der Waals surface area contributed by atoms with Gasteiger partial charge in [-0.25, -0.2) is 0 Å². The fourth-order valence-electron chi connectivity index (χ4n) is 1.14. The number of nitrogen functional groups attached to an aromatic ring is 1. The molecule has 1 rings (SSSR count). The van der Waals surface area contributed by atoms with Crippen LogP contribution in [0.1, 0.15) is 12.5 Å². The second kappa shape index (κ2) is 4.42. The Morgan fingerprint density at radius 1 is 1.33 bits per heavy atom. The molecule has 0 amide bonds. The average Bonchev–Trinajstić information content (AvgIpc) is 2.15. The van der Waals surface area contributed by atoms with E-state index in [9.17, 15) is 13.2 Å². The number of rotatable bonds is 3. The number of ether oxygens (including phenoxy) is 1. The van der Waals surface area contributed by atoms with Gasteiger partial charge in [0.2, 0.25) is 0 Å². The Balaban J connectivity index is 2.70. The molecule has 1 aromatic rings. The Labute approximate surface area is 85.8 Å². The van der Waals surface area contributed by atoms with Gasteiger partial charge in [-0.2, -0.15) is 13.2 Å². The first kappa shape index (κ1) is 11.7. The molecule has 0 bridgehead atoms. The summed E-state index contributed by atoms with van der Waals surface area (Å²) in [6.45, 7) is 0.597. The summed E-state index contributed by atoms with van der Waals surface area (Å²) in [6.07, 6.45) is -3.65. The van der Waals surface area contributed by atoms with E-state index in [4.69, 9.17) is 5.73 Å². The highest BCUT2D eigenvalue weighted by atomic mass is 19.4. The van der Waals surface area contributed by atoms with Crippen molar-refractivity contribution in [3.8, 4) is 5.75 Å². The van der Waals surface area contributed by atoms with Crippen molar-refractivity contribution in [2.24, 2.45) is 0 Å². The number of benzene rings is 1. The molecule has 2 N–H and O–H groups in total. The number of aryl methyl sites for hydroxylation is 1. The number of alkyl halides is 3. The number of anilines is 1. The summed E-state index contributed by atoms with van der Waals surface area (Å²) in [4.78, 5) is 0. The fourth-order valence-corrected chi connectivity index (χ4v) is 1.14. The molecule has 0 saturated carbocycles. The summed E-state index contributed by atoms with van der Waals surface area (Å²) in [6, 6.07) is 4.51. The van der Waals surface area contributed by atoms with Gasteiger partial charge in [-0.1, -0.05) is 6.92 Å². The van der Waals surface area contributed by atoms with Crippen molar-refractivity contribution in [1.82, 2.24) is 0 Å². The van der Waals surface area contributed by atoms with E-state index in [0.717, 1.165) is 5.56 Å². The van der Waals surface area contributed by atoms with Crippen LogP contribution in [0.5, 0.6) is 5.75 Å². The molecule has 0 heterocycles. The van der Waals surface area contributed by atoms with Crippen LogP contribution in [0.25, 0.3) is 0 Å². The number of halogens is 3. The Bertz CT molecular complexity index is 336. The maximum Gasteiger partial charge on any atom is 0.422 e. The highest BCUT2D eigenvalue weighted by Crippen LogP contribution is 2.22. The van der Waals surface area contributed by atoms with E-state index < -0.39 is 12.8 Å². The van der Waals surface area contributed by atoms with Crippen molar-refractivity contribution in [2.75, 3.05) is 12.3 Å². The minimum absolute atomic E-state index is 0.193. The zero-order valence-corrected chi connectivity index (χ0v) is 8.27. The molecule has 0 atom stereocenters. The van der Waals surface area contributed by atoms with Crippen molar-refractivity contribution in [1.29, 1.82) is 0 Å². The third-order valence-electron chi connectivity index (χ3n) is 1.90. The third kappa shape index (κ3) is 3.69. The largest absolute Gasteiger partial charge is 0.484 e. The van der Waals surface area contributed by atoms with Gasteiger partial charge < -0.3 is 10.5 Å². The molecule has 0 aliphatic carbocycles. The van der Waals surface area contributed by atoms with Gasteiger partial charge in [0.05, 0.1) is 0 Å². The highest BCUT2D eigenvalue weighted by molar-refractivity contribution is 5.50. The average molecular weight is 219 g/mol. The van der Waals surface area contributed by atoms with Crippen LogP contribution in [0.4, 0.5) is 18.9 Å². The van der Waals surface area contributed by atoms with Crippen LogP contribution < -0.4 is 10.5 Å². The van der Waals surface area contributed by atoms with Crippen LogP contribution >= 0.6 is 0 Å². The smallest absolute Gasteiger partial charge is 0.422 e. The predicted octanol–water partition coefficient (Wildman–Crippen LogP) is 2.77. The molecule has 0 unspecified atom stereocenters. The van der Waals surface area contributed by atoms with E-state index in [1.807, 2.05) is 6.92 Å². The first-order valence-electron chi connectivity index (χ1n) is 4.50. The normalized spacial score (nSPS) is 11.5. The lowest BCUT2D eigenvalue weighted by atomic mass is 10.1. The first-order valence-corrected chi connectivity index (χ1v) is 4.50. The lowest BCUT2D eigenvalue weighted by Gasteiger charge is -2.10. The molecule has 2 nitrogen and oxygen atoms in total. The maximum atomic E-state index is 11.9. The lowest BCUT2D eigenvalue weighted by molar-refractivity contribution is -0.153. The molecule has 15 heavy (non-hydrogen) atoms. The van der Waals surface area contributed by atoms with Crippen LogP contribution in [0, 0.1) is 0 Å². The SMILES string of the molecule is CCc1cc(OCC(F)(F)F)ccc1N. The predicted molar refractivity (Wildman–Crippen MR) is 51.8 cm³/mol. The van der Waals surface area contributed by atoms with Crippen LogP contribution in [-0.4, -0.2) is 12.8 Å². The second-order valence-electron chi connectivity index (χ2n) is 3.12. The van der Waals surface area contributed by atoms with Crippen LogP contribution in [0.2, 0.25) is 0 Å². The summed E-state index contributed by atoms with van der Waals surface area (Å²) >= 11 is 0.